The molecule has 0 aliphatic rings. The molecule has 12 heteroatoms. The molecular weight excluding hydrogens is 656 g/mol. The van der Waals surface area contributed by atoms with Crippen LogP contribution >= 0.6 is 0 Å². The van der Waals surface area contributed by atoms with E-state index in [1.807, 2.05) is 27.7 Å². The summed E-state index contributed by atoms with van der Waals surface area (Å²) in [4.78, 5) is 51.4. The number of hydrogen-bond donors (Lipinski definition) is 2. The molecule has 0 bridgehead atoms. The minimum absolute atomic E-state index is 0.125. The zero-order valence-corrected chi connectivity index (χ0v) is 32.1. The van der Waals surface area contributed by atoms with E-state index in [9.17, 15) is 24.3 Å². The Morgan fingerprint density at radius 3 is 1.55 bits per heavy atom. The summed E-state index contributed by atoms with van der Waals surface area (Å²) >= 11 is 0. The summed E-state index contributed by atoms with van der Waals surface area (Å²) in [6.45, 7) is 18.5. The predicted molar refractivity (Wildman–Crippen MR) is 197 cm³/mol. The predicted octanol–water partition coefficient (Wildman–Crippen LogP) is 7.58. The SMILES string of the molecule is COc1cc(C(C)=C(C)C(=O)CC(=O)C(C)=C(C)c2ccc(OCCN(C(=O)O)C(C)(C)C)c(OC)c2)ccc1OCCNC(=O)OC(C)(C)C. The van der Waals surface area contributed by atoms with Crippen LogP contribution < -0.4 is 24.3 Å². The number of hydrogen-bond acceptors (Lipinski definition) is 9. The van der Waals surface area contributed by atoms with Crippen LogP contribution in [0.5, 0.6) is 23.0 Å². The zero-order valence-electron chi connectivity index (χ0n) is 32.1. The Balaban J connectivity index is 2.12. The topological polar surface area (TPSA) is 150 Å². The highest BCUT2D eigenvalue weighted by atomic mass is 16.6. The monoisotopic (exact) mass is 710 g/mol. The highest BCUT2D eigenvalue weighted by Crippen LogP contribution is 2.34. The van der Waals surface area contributed by atoms with Crippen LogP contribution in [-0.2, 0) is 14.3 Å². The molecule has 12 nitrogen and oxygen atoms in total. The highest BCUT2D eigenvalue weighted by Gasteiger charge is 2.26. The van der Waals surface area contributed by atoms with Gasteiger partial charge in [0, 0.05) is 5.54 Å². The quantitative estimate of drug-likeness (QED) is 0.101. The number of allylic oxidation sites excluding steroid dienone is 4. The lowest BCUT2D eigenvalue weighted by atomic mass is 9.93. The molecule has 2 aromatic rings. The van der Waals surface area contributed by atoms with Crippen LogP contribution in [0.2, 0.25) is 0 Å². The molecule has 0 atom stereocenters. The Morgan fingerprint density at radius 1 is 0.706 bits per heavy atom. The van der Waals surface area contributed by atoms with Gasteiger partial charge in [0.2, 0.25) is 0 Å². The van der Waals surface area contributed by atoms with Crippen molar-refractivity contribution in [3.63, 3.8) is 0 Å². The van der Waals surface area contributed by atoms with Gasteiger partial charge in [-0.2, -0.15) is 0 Å². The second-order valence-corrected chi connectivity index (χ2v) is 14.0. The van der Waals surface area contributed by atoms with Crippen LogP contribution in [-0.4, -0.2) is 85.4 Å². The summed E-state index contributed by atoms with van der Waals surface area (Å²) in [7, 11) is 3.01. The summed E-state index contributed by atoms with van der Waals surface area (Å²) in [6.07, 6.45) is -1.87. The van der Waals surface area contributed by atoms with Crippen molar-refractivity contribution >= 4 is 34.9 Å². The van der Waals surface area contributed by atoms with E-state index in [1.54, 1.807) is 77.9 Å². The minimum atomic E-state index is -1.03. The second-order valence-electron chi connectivity index (χ2n) is 14.0. The molecule has 0 unspecified atom stereocenters. The lowest BCUT2D eigenvalue weighted by Crippen LogP contribution is -2.46. The maximum atomic E-state index is 13.3. The molecule has 0 aliphatic carbocycles. The van der Waals surface area contributed by atoms with E-state index < -0.39 is 23.3 Å². The number of nitrogens with zero attached hydrogens (tertiary/aromatic N) is 1. The normalized spacial score (nSPS) is 12.5. The van der Waals surface area contributed by atoms with Crippen molar-refractivity contribution < 1.29 is 48.0 Å². The van der Waals surface area contributed by atoms with Gasteiger partial charge in [0.25, 0.3) is 0 Å². The lowest BCUT2D eigenvalue weighted by molar-refractivity contribution is -0.123. The maximum Gasteiger partial charge on any atom is 0.407 e. The van der Waals surface area contributed by atoms with Crippen LogP contribution in [0.15, 0.2) is 47.5 Å². The molecule has 0 saturated heterocycles. The summed E-state index contributed by atoms with van der Waals surface area (Å²) < 4.78 is 27.9. The largest absolute Gasteiger partial charge is 0.493 e. The number of carboxylic acid groups (broad SMARTS) is 1. The first-order valence-corrected chi connectivity index (χ1v) is 16.7. The number of alkyl carbamates (subject to hydrolysis) is 1. The third kappa shape index (κ3) is 12.7. The number of carbonyl (C=O) groups excluding carboxylic acids is 3. The number of ether oxygens (including phenoxy) is 5. The van der Waals surface area contributed by atoms with Crippen molar-refractivity contribution in [3.8, 4) is 23.0 Å². The molecule has 2 N–H and O–H groups in total. The van der Waals surface area contributed by atoms with Gasteiger partial charge < -0.3 is 39.0 Å². The maximum absolute atomic E-state index is 13.3. The molecule has 2 amide bonds. The number of methoxy groups -OCH3 is 2. The standard InChI is InChI=1S/C39H54N2O10/c1-24(28-13-15-32(34(21-28)47-11)49-19-17-40-36(44)51-39(8,9)10)26(3)30(42)23-31(43)27(4)25(2)29-14-16-33(35(22-29)48-12)50-20-18-41(37(45)46)38(5,6)7/h13-16,21-22H,17-20,23H2,1-12H3,(H,40,44)(H,45,46). The van der Waals surface area contributed by atoms with Gasteiger partial charge in [-0.15, -0.1) is 0 Å². The smallest absolute Gasteiger partial charge is 0.407 e. The average molecular weight is 711 g/mol. The van der Waals surface area contributed by atoms with Crippen LogP contribution in [0.25, 0.3) is 11.1 Å². The summed E-state index contributed by atoms with van der Waals surface area (Å²) in [6, 6.07) is 10.5. The van der Waals surface area contributed by atoms with E-state index >= 15 is 0 Å². The molecule has 0 heterocycles. The van der Waals surface area contributed by atoms with Gasteiger partial charge >= 0.3 is 12.2 Å². The Hall–Kier alpha value is -5.00. The first kappa shape index (κ1) is 42.2. The number of rotatable bonds is 16. The van der Waals surface area contributed by atoms with E-state index in [2.05, 4.69) is 5.32 Å². The molecule has 0 saturated carbocycles. The fourth-order valence-electron chi connectivity index (χ4n) is 4.90. The molecule has 51 heavy (non-hydrogen) atoms. The van der Waals surface area contributed by atoms with Crippen molar-refractivity contribution in [2.24, 2.45) is 0 Å². The van der Waals surface area contributed by atoms with Crippen molar-refractivity contribution in [3.05, 3.63) is 58.7 Å². The first-order valence-electron chi connectivity index (χ1n) is 16.7. The van der Waals surface area contributed by atoms with Gasteiger partial charge in [0.15, 0.2) is 34.6 Å². The van der Waals surface area contributed by atoms with E-state index in [4.69, 9.17) is 23.7 Å². The van der Waals surface area contributed by atoms with Gasteiger partial charge in [0.05, 0.1) is 33.7 Å². The van der Waals surface area contributed by atoms with Gasteiger partial charge in [0.1, 0.15) is 18.8 Å². The lowest BCUT2D eigenvalue weighted by Gasteiger charge is -2.33. The second kappa shape index (κ2) is 18.3. The molecule has 0 aromatic heterocycles. The fourth-order valence-corrected chi connectivity index (χ4v) is 4.90. The fraction of sp³-hybridized carbons (Fsp3) is 0.487. The summed E-state index contributed by atoms with van der Waals surface area (Å²) in [5.74, 6) is 1.19. The van der Waals surface area contributed by atoms with Crippen LogP contribution in [0, 0.1) is 0 Å². The van der Waals surface area contributed by atoms with Crippen molar-refractivity contribution in [1.82, 2.24) is 10.2 Å². The average Bonchev–Trinajstić information content (AvgIpc) is 3.05. The van der Waals surface area contributed by atoms with Gasteiger partial charge in [-0.1, -0.05) is 12.1 Å². The molecule has 2 rings (SSSR count). The number of benzene rings is 2. The Labute approximate surface area is 301 Å². The van der Waals surface area contributed by atoms with E-state index in [-0.39, 0.29) is 44.3 Å². The Kier molecular flexibility index (Phi) is 15.1. The first-order chi connectivity index (χ1) is 23.7. The summed E-state index contributed by atoms with van der Waals surface area (Å²) in [5, 5.41) is 12.2. The third-order valence-electron chi connectivity index (χ3n) is 8.12. The molecule has 2 aromatic carbocycles. The summed E-state index contributed by atoms with van der Waals surface area (Å²) in [5.41, 5.74) is 2.54. The van der Waals surface area contributed by atoms with E-state index in [1.165, 1.54) is 19.1 Å². The Bertz CT molecular complexity index is 1640. The number of ketones is 2. The molecule has 0 aliphatic heterocycles. The van der Waals surface area contributed by atoms with Gasteiger partial charge in [-0.3, -0.25) is 9.59 Å². The van der Waals surface area contributed by atoms with Crippen LogP contribution in [0.1, 0.15) is 86.8 Å². The minimum Gasteiger partial charge on any atom is -0.493 e. The third-order valence-corrected chi connectivity index (χ3v) is 8.12. The highest BCUT2D eigenvalue weighted by molar-refractivity contribution is 6.16. The van der Waals surface area contributed by atoms with E-state index in [0.717, 1.165) is 11.1 Å². The molecule has 280 valence electrons. The number of Topliss-reactive ketones (excluding diaryl/α,β-unsaturated/α-hetero) is 2. The van der Waals surface area contributed by atoms with Gasteiger partial charge in [-0.05, 0) is 127 Å². The molecule has 0 spiro atoms. The zero-order chi connectivity index (χ0) is 38.7. The van der Waals surface area contributed by atoms with Crippen molar-refractivity contribution in [2.45, 2.75) is 86.8 Å². The number of nitrogens with one attached hydrogen (secondary N) is 1. The van der Waals surface area contributed by atoms with Crippen molar-refractivity contribution in [2.75, 3.05) is 40.5 Å². The van der Waals surface area contributed by atoms with Crippen LogP contribution in [0.4, 0.5) is 9.59 Å². The molecular formula is C39H54N2O10. The number of carbonyl (C=O) groups is 4. The van der Waals surface area contributed by atoms with Crippen LogP contribution in [0.3, 0.4) is 0 Å². The molecule has 0 fully saturated rings. The van der Waals surface area contributed by atoms with E-state index in [0.29, 0.717) is 45.3 Å². The van der Waals surface area contributed by atoms with Gasteiger partial charge in [-0.25, -0.2) is 9.59 Å². The number of amides is 2. The molecule has 0 radical (unpaired) electrons. The Morgan fingerprint density at radius 2 is 1.16 bits per heavy atom. The van der Waals surface area contributed by atoms with Crippen molar-refractivity contribution in [1.29, 1.82) is 0 Å².